The third-order valence-corrected chi connectivity index (χ3v) is 2.63. The number of aryl methyl sites for hydroxylation is 2. The predicted octanol–water partition coefficient (Wildman–Crippen LogP) is 2.42. The smallest absolute Gasteiger partial charge is 0.249 e. The van der Waals surface area contributed by atoms with E-state index in [9.17, 15) is 13.2 Å². The zero-order valence-corrected chi connectivity index (χ0v) is 8.38. The van der Waals surface area contributed by atoms with E-state index in [1.54, 1.807) is 6.92 Å². The Hall–Kier alpha value is -1.07. The van der Waals surface area contributed by atoms with Gasteiger partial charge in [0.05, 0.1) is 0 Å². The minimum atomic E-state index is -4.21. The highest BCUT2D eigenvalue weighted by molar-refractivity contribution is 5.04. The normalized spacial score (nSPS) is 22.3. The van der Waals surface area contributed by atoms with Gasteiger partial charge in [-0.25, -0.2) is 9.67 Å². The van der Waals surface area contributed by atoms with Gasteiger partial charge in [0.15, 0.2) is 0 Å². The van der Waals surface area contributed by atoms with Crippen LogP contribution in [0.3, 0.4) is 0 Å². The van der Waals surface area contributed by atoms with E-state index in [4.69, 9.17) is 0 Å². The average molecular weight is 219 g/mol. The number of rotatable bonds is 0. The topological polar surface area (TPSA) is 30.7 Å². The molecule has 0 aliphatic carbocycles. The molecule has 0 saturated heterocycles. The Morgan fingerprint density at radius 3 is 2.73 bits per heavy atom. The van der Waals surface area contributed by atoms with Crippen LogP contribution in [-0.2, 0) is 6.54 Å². The van der Waals surface area contributed by atoms with E-state index >= 15 is 0 Å². The van der Waals surface area contributed by atoms with Crippen LogP contribution in [0.25, 0.3) is 0 Å². The first-order valence-electron chi connectivity index (χ1n) is 4.96. The van der Waals surface area contributed by atoms with Gasteiger partial charge in [0.25, 0.3) is 0 Å². The van der Waals surface area contributed by atoms with Crippen LogP contribution >= 0.6 is 0 Å². The summed E-state index contributed by atoms with van der Waals surface area (Å²) in [5, 5.41) is 3.98. The second kappa shape index (κ2) is 3.50. The van der Waals surface area contributed by atoms with Crippen molar-refractivity contribution < 1.29 is 13.2 Å². The summed E-state index contributed by atoms with van der Waals surface area (Å²) in [4.78, 5) is 3.89. The highest BCUT2D eigenvalue weighted by Gasteiger charge is 2.44. The van der Waals surface area contributed by atoms with Gasteiger partial charge < -0.3 is 0 Å². The maximum atomic E-state index is 12.7. The Kier molecular flexibility index (Phi) is 2.44. The van der Waals surface area contributed by atoms with Crippen molar-refractivity contribution in [2.45, 2.75) is 44.8 Å². The van der Waals surface area contributed by atoms with E-state index in [0.29, 0.717) is 18.8 Å². The molecule has 0 spiro atoms. The molecule has 0 amide bonds. The molecule has 0 N–H and O–H groups in total. The quantitative estimate of drug-likeness (QED) is 0.670. The fourth-order valence-corrected chi connectivity index (χ4v) is 1.94. The third kappa shape index (κ3) is 1.98. The first-order valence-corrected chi connectivity index (χ1v) is 4.96. The molecule has 6 heteroatoms. The molecule has 1 aromatic rings. The van der Waals surface area contributed by atoms with Gasteiger partial charge in [-0.1, -0.05) is 6.42 Å². The van der Waals surface area contributed by atoms with Crippen LogP contribution in [-0.4, -0.2) is 20.9 Å². The van der Waals surface area contributed by atoms with Gasteiger partial charge in [-0.2, -0.15) is 18.3 Å². The molecule has 0 radical (unpaired) electrons. The first-order chi connectivity index (χ1) is 6.98. The van der Waals surface area contributed by atoms with Crippen molar-refractivity contribution in [2.24, 2.45) is 0 Å². The average Bonchev–Trinajstić information content (AvgIpc) is 2.32. The van der Waals surface area contributed by atoms with Crippen molar-refractivity contribution in [1.82, 2.24) is 14.8 Å². The Balaban J connectivity index is 2.40. The second-order valence-corrected chi connectivity index (χ2v) is 3.83. The zero-order valence-electron chi connectivity index (χ0n) is 8.38. The lowest BCUT2D eigenvalue weighted by Crippen LogP contribution is -2.23. The van der Waals surface area contributed by atoms with Crippen LogP contribution in [0, 0.1) is 6.92 Å². The van der Waals surface area contributed by atoms with E-state index in [1.807, 2.05) is 0 Å². The van der Waals surface area contributed by atoms with Crippen LogP contribution in [0.15, 0.2) is 0 Å². The highest BCUT2D eigenvalue weighted by atomic mass is 19.4. The summed E-state index contributed by atoms with van der Waals surface area (Å²) in [6.07, 6.45) is -2.76. The van der Waals surface area contributed by atoms with E-state index < -0.39 is 12.1 Å². The van der Waals surface area contributed by atoms with Crippen LogP contribution in [0.1, 0.15) is 36.8 Å². The van der Waals surface area contributed by atoms with Crippen molar-refractivity contribution in [3.63, 3.8) is 0 Å². The minimum Gasteiger partial charge on any atom is -0.249 e. The highest BCUT2D eigenvalue weighted by Crippen LogP contribution is 2.39. The van der Waals surface area contributed by atoms with E-state index in [1.165, 1.54) is 4.68 Å². The van der Waals surface area contributed by atoms with Gasteiger partial charge >= 0.3 is 6.18 Å². The van der Waals surface area contributed by atoms with E-state index in [-0.39, 0.29) is 12.2 Å². The van der Waals surface area contributed by atoms with Gasteiger partial charge in [0, 0.05) is 6.54 Å². The zero-order chi connectivity index (χ0) is 11.1. The van der Waals surface area contributed by atoms with Crippen LogP contribution in [0.4, 0.5) is 13.2 Å². The molecule has 1 aromatic heterocycles. The lowest BCUT2D eigenvalue weighted by Gasteiger charge is -2.16. The summed E-state index contributed by atoms with van der Waals surface area (Å²) >= 11 is 0. The van der Waals surface area contributed by atoms with Crippen molar-refractivity contribution in [1.29, 1.82) is 0 Å². The largest absolute Gasteiger partial charge is 0.398 e. The molecule has 3 nitrogen and oxygen atoms in total. The van der Waals surface area contributed by atoms with Gasteiger partial charge in [0.1, 0.15) is 17.6 Å². The van der Waals surface area contributed by atoms with Crippen molar-refractivity contribution in [3.05, 3.63) is 11.6 Å². The summed E-state index contributed by atoms with van der Waals surface area (Å²) in [6, 6.07) is 0. The summed E-state index contributed by atoms with van der Waals surface area (Å²) in [5.74, 6) is -0.945. The van der Waals surface area contributed by atoms with Crippen LogP contribution < -0.4 is 0 Å². The van der Waals surface area contributed by atoms with E-state index in [2.05, 4.69) is 10.1 Å². The Morgan fingerprint density at radius 1 is 1.33 bits per heavy atom. The molecule has 0 saturated carbocycles. The maximum absolute atomic E-state index is 12.7. The molecular weight excluding hydrogens is 207 g/mol. The van der Waals surface area contributed by atoms with Crippen molar-refractivity contribution in [3.8, 4) is 0 Å². The number of hydrogen-bond acceptors (Lipinski definition) is 2. The Labute approximate surface area is 85.3 Å². The molecule has 1 unspecified atom stereocenters. The molecule has 15 heavy (non-hydrogen) atoms. The van der Waals surface area contributed by atoms with Crippen LogP contribution in [0.2, 0.25) is 0 Å². The molecule has 2 rings (SSSR count). The fraction of sp³-hybridized carbons (Fsp3) is 0.778. The molecule has 0 fully saturated rings. The number of hydrogen-bond donors (Lipinski definition) is 0. The Morgan fingerprint density at radius 2 is 2.07 bits per heavy atom. The number of alkyl halides is 3. The number of nitrogens with zero attached hydrogens (tertiary/aromatic N) is 3. The van der Waals surface area contributed by atoms with Gasteiger partial charge in [-0.15, -0.1) is 0 Å². The monoisotopic (exact) mass is 219 g/mol. The summed E-state index contributed by atoms with van der Waals surface area (Å²) in [6.45, 7) is 2.16. The standard InChI is InChI=1S/C9H12F3N3/c1-6-13-8-7(9(10,11)12)4-2-3-5-15(8)14-6/h7H,2-5H2,1H3. The predicted molar refractivity (Wildman–Crippen MR) is 47.4 cm³/mol. The van der Waals surface area contributed by atoms with Crippen molar-refractivity contribution in [2.75, 3.05) is 0 Å². The van der Waals surface area contributed by atoms with Crippen LogP contribution in [0.5, 0.6) is 0 Å². The molecular formula is C9H12F3N3. The molecule has 0 bridgehead atoms. The SMILES string of the molecule is Cc1nc2n(n1)CCCCC2C(F)(F)F. The van der Waals surface area contributed by atoms with E-state index in [0.717, 1.165) is 6.42 Å². The molecule has 2 heterocycles. The molecule has 1 aliphatic heterocycles. The molecule has 0 aromatic carbocycles. The lowest BCUT2D eigenvalue weighted by molar-refractivity contribution is -0.153. The fourth-order valence-electron chi connectivity index (χ4n) is 1.94. The van der Waals surface area contributed by atoms with Gasteiger partial charge in [-0.05, 0) is 19.8 Å². The van der Waals surface area contributed by atoms with Gasteiger partial charge in [0.2, 0.25) is 0 Å². The lowest BCUT2D eigenvalue weighted by atomic mass is 10.0. The maximum Gasteiger partial charge on any atom is 0.398 e. The number of fused-ring (bicyclic) bond motifs is 1. The number of halogens is 3. The summed E-state index contributed by atoms with van der Waals surface area (Å²) in [7, 11) is 0. The van der Waals surface area contributed by atoms with Gasteiger partial charge in [-0.3, -0.25) is 0 Å². The van der Waals surface area contributed by atoms with Crippen molar-refractivity contribution >= 4 is 0 Å². The minimum absolute atomic E-state index is 0.0810. The molecule has 1 atom stereocenters. The molecule has 1 aliphatic rings. The summed E-state index contributed by atoms with van der Waals surface area (Å²) in [5.41, 5.74) is 0. The Bertz CT molecular complexity index is 356. The first kappa shape index (κ1) is 10.4. The molecule has 84 valence electrons. The third-order valence-electron chi connectivity index (χ3n) is 2.63. The number of aromatic nitrogens is 3. The second-order valence-electron chi connectivity index (χ2n) is 3.83. The summed E-state index contributed by atoms with van der Waals surface area (Å²) < 4.78 is 39.6.